The zero-order valence-electron chi connectivity index (χ0n) is 10.6. The van der Waals surface area contributed by atoms with Crippen LogP contribution in [0.4, 0.5) is 0 Å². The molecule has 7 nitrogen and oxygen atoms in total. The predicted molar refractivity (Wildman–Crippen MR) is 73.5 cm³/mol. The molecule has 2 aromatic heterocycles. The molecular weight excluding hydrogens is 302 g/mol. The average Bonchev–Trinajstić information content (AvgIpc) is 2.98. The lowest BCUT2D eigenvalue weighted by Crippen LogP contribution is -2.25. The van der Waals surface area contributed by atoms with Crippen LogP contribution in [0.3, 0.4) is 0 Å². The zero-order valence-corrected chi connectivity index (χ0v) is 12.2. The van der Waals surface area contributed by atoms with E-state index in [1.165, 1.54) is 12.4 Å². The Bertz CT molecular complexity index is 704. The fourth-order valence-electron chi connectivity index (χ4n) is 1.61. The summed E-state index contributed by atoms with van der Waals surface area (Å²) in [5.41, 5.74) is 1.26. The van der Waals surface area contributed by atoms with Crippen molar-refractivity contribution in [2.45, 2.75) is 17.6 Å². The van der Waals surface area contributed by atoms with E-state index in [0.717, 1.165) is 17.0 Å². The fourth-order valence-corrected chi connectivity index (χ4v) is 4.06. The van der Waals surface area contributed by atoms with E-state index in [-0.39, 0.29) is 15.6 Å². The van der Waals surface area contributed by atoms with Crippen molar-refractivity contribution in [3.05, 3.63) is 34.7 Å². The Labute approximate surface area is 119 Å². The number of carboxylic acid groups (broad SMARTS) is 1. The molecule has 0 aliphatic carbocycles. The third-order valence-corrected chi connectivity index (χ3v) is 5.76. The summed E-state index contributed by atoms with van der Waals surface area (Å²) in [4.78, 5) is 17.7. The van der Waals surface area contributed by atoms with Gasteiger partial charge in [0.25, 0.3) is 0 Å². The van der Waals surface area contributed by atoms with E-state index in [1.54, 1.807) is 13.1 Å². The summed E-state index contributed by atoms with van der Waals surface area (Å²) < 4.78 is 26.5. The van der Waals surface area contributed by atoms with Crippen LogP contribution >= 0.6 is 11.3 Å². The Kier molecular flexibility index (Phi) is 4.21. The number of aromatic carboxylic acids is 1. The molecule has 0 saturated heterocycles. The van der Waals surface area contributed by atoms with Gasteiger partial charge in [-0.3, -0.25) is 0 Å². The first-order valence-electron chi connectivity index (χ1n) is 5.71. The minimum atomic E-state index is -3.68. The Hall–Kier alpha value is -1.71. The number of aromatic amines is 1. The summed E-state index contributed by atoms with van der Waals surface area (Å²) in [5, 5.41) is 8.93. The number of hydrogen-bond donors (Lipinski definition) is 3. The Morgan fingerprint density at radius 3 is 2.85 bits per heavy atom. The van der Waals surface area contributed by atoms with E-state index < -0.39 is 16.0 Å². The molecule has 0 saturated carbocycles. The van der Waals surface area contributed by atoms with Gasteiger partial charge < -0.3 is 10.1 Å². The lowest BCUT2D eigenvalue weighted by atomic mass is 10.3. The van der Waals surface area contributed by atoms with Gasteiger partial charge in [-0.1, -0.05) is 0 Å². The van der Waals surface area contributed by atoms with Crippen LogP contribution in [-0.2, 0) is 16.4 Å². The van der Waals surface area contributed by atoms with Crippen molar-refractivity contribution in [2.24, 2.45) is 0 Å². The molecule has 0 fully saturated rings. The van der Waals surface area contributed by atoms with Crippen LogP contribution in [0.1, 0.15) is 20.9 Å². The zero-order chi connectivity index (χ0) is 14.8. The van der Waals surface area contributed by atoms with Gasteiger partial charge in [-0.05, 0) is 18.6 Å². The third-order valence-electron chi connectivity index (χ3n) is 2.60. The van der Waals surface area contributed by atoms with Crippen molar-refractivity contribution in [1.29, 1.82) is 0 Å². The van der Waals surface area contributed by atoms with Gasteiger partial charge in [-0.2, -0.15) is 0 Å². The minimum absolute atomic E-state index is 0.0111. The summed E-state index contributed by atoms with van der Waals surface area (Å²) in [6.07, 6.45) is 3.62. The van der Waals surface area contributed by atoms with Crippen molar-refractivity contribution >= 4 is 27.3 Å². The predicted octanol–water partition coefficient (Wildman–Crippen LogP) is 0.999. The lowest BCUT2D eigenvalue weighted by Gasteiger charge is -2.03. The molecule has 0 aliphatic rings. The highest BCUT2D eigenvalue weighted by Gasteiger charge is 2.21. The molecule has 0 bridgehead atoms. The number of aryl methyl sites for hydroxylation is 1. The number of H-pyrrole nitrogens is 1. The smallest absolute Gasteiger partial charge is 0.346 e. The largest absolute Gasteiger partial charge is 0.477 e. The number of aromatic nitrogens is 2. The molecule has 0 aromatic carbocycles. The molecule has 0 radical (unpaired) electrons. The van der Waals surface area contributed by atoms with Crippen LogP contribution in [-0.4, -0.2) is 36.0 Å². The van der Waals surface area contributed by atoms with Crippen molar-refractivity contribution in [3.63, 3.8) is 0 Å². The number of nitrogens with one attached hydrogen (secondary N) is 2. The van der Waals surface area contributed by atoms with Gasteiger partial charge in [-0.25, -0.2) is 22.9 Å². The number of carboxylic acids is 1. The molecule has 20 heavy (non-hydrogen) atoms. The van der Waals surface area contributed by atoms with Crippen molar-refractivity contribution in [1.82, 2.24) is 14.7 Å². The van der Waals surface area contributed by atoms with E-state index in [9.17, 15) is 13.2 Å². The summed E-state index contributed by atoms with van der Waals surface area (Å²) in [6.45, 7) is 1.79. The second kappa shape index (κ2) is 5.73. The summed E-state index contributed by atoms with van der Waals surface area (Å²) in [5.74, 6) is -1.12. The van der Waals surface area contributed by atoms with E-state index >= 15 is 0 Å². The van der Waals surface area contributed by atoms with E-state index in [0.29, 0.717) is 12.0 Å². The third kappa shape index (κ3) is 3.24. The number of hydrogen-bond acceptors (Lipinski definition) is 5. The van der Waals surface area contributed by atoms with Crippen LogP contribution in [0.25, 0.3) is 0 Å². The molecule has 2 aromatic rings. The van der Waals surface area contributed by atoms with E-state index in [1.807, 2.05) is 0 Å². The van der Waals surface area contributed by atoms with Gasteiger partial charge in [0, 0.05) is 24.9 Å². The van der Waals surface area contributed by atoms with Gasteiger partial charge in [0.15, 0.2) is 0 Å². The van der Waals surface area contributed by atoms with Gasteiger partial charge in [-0.15, -0.1) is 11.3 Å². The number of rotatable bonds is 6. The number of imidazole rings is 1. The second-order valence-electron chi connectivity index (χ2n) is 4.11. The van der Waals surface area contributed by atoms with Crippen molar-refractivity contribution in [3.8, 4) is 0 Å². The lowest BCUT2D eigenvalue weighted by molar-refractivity contribution is 0.0701. The standard InChI is InChI=1S/C11H13N3O4S2/c1-7-4-9(19-10(7)11(15)16)20(17,18)14-3-2-8-5-12-6-13-8/h4-6,14H,2-3H2,1H3,(H,12,13)(H,15,16). The van der Waals surface area contributed by atoms with Crippen molar-refractivity contribution < 1.29 is 18.3 Å². The van der Waals surface area contributed by atoms with Crippen molar-refractivity contribution in [2.75, 3.05) is 6.54 Å². The van der Waals surface area contributed by atoms with Gasteiger partial charge in [0.05, 0.1) is 6.33 Å². The first-order valence-corrected chi connectivity index (χ1v) is 8.01. The van der Waals surface area contributed by atoms with E-state index in [4.69, 9.17) is 5.11 Å². The molecule has 9 heteroatoms. The maximum absolute atomic E-state index is 12.0. The quantitative estimate of drug-likeness (QED) is 0.736. The number of sulfonamides is 1. The molecule has 0 atom stereocenters. The average molecular weight is 315 g/mol. The Morgan fingerprint density at radius 1 is 1.55 bits per heavy atom. The normalized spacial score (nSPS) is 11.7. The Balaban J connectivity index is 2.06. The minimum Gasteiger partial charge on any atom is -0.477 e. The number of nitrogens with zero attached hydrogens (tertiary/aromatic N) is 1. The van der Waals surface area contributed by atoms with Crippen LogP contribution in [0.5, 0.6) is 0 Å². The summed E-state index contributed by atoms with van der Waals surface area (Å²) >= 11 is 0.752. The highest BCUT2D eigenvalue weighted by molar-refractivity contribution is 7.91. The van der Waals surface area contributed by atoms with Crippen LogP contribution in [0.2, 0.25) is 0 Å². The summed E-state index contributed by atoms with van der Waals surface area (Å²) in [6, 6.07) is 1.37. The van der Waals surface area contributed by atoms with Crippen LogP contribution < -0.4 is 4.72 Å². The van der Waals surface area contributed by atoms with E-state index in [2.05, 4.69) is 14.7 Å². The molecule has 2 heterocycles. The molecule has 3 N–H and O–H groups in total. The number of carbonyl (C=O) groups is 1. The van der Waals surface area contributed by atoms with Crippen LogP contribution in [0, 0.1) is 6.92 Å². The molecule has 0 spiro atoms. The molecule has 0 amide bonds. The maximum atomic E-state index is 12.0. The second-order valence-corrected chi connectivity index (χ2v) is 7.15. The van der Waals surface area contributed by atoms with Crippen LogP contribution in [0.15, 0.2) is 22.8 Å². The monoisotopic (exact) mass is 315 g/mol. The first-order chi connectivity index (χ1) is 9.40. The van der Waals surface area contributed by atoms with Gasteiger partial charge >= 0.3 is 5.97 Å². The fraction of sp³-hybridized carbons (Fsp3) is 0.273. The first kappa shape index (κ1) is 14.7. The topological polar surface area (TPSA) is 112 Å². The highest BCUT2D eigenvalue weighted by atomic mass is 32.2. The molecule has 0 aliphatic heterocycles. The SMILES string of the molecule is Cc1cc(S(=O)(=O)NCCc2cnc[nH]2)sc1C(=O)O. The number of thiophene rings is 1. The molecule has 0 unspecified atom stereocenters. The molecule has 108 valence electrons. The Morgan fingerprint density at radius 2 is 2.30 bits per heavy atom. The van der Waals surface area contributed by atoms with Gasteiger partial charge in [0.2, 0.25) is 10.0 Å². The summed E-state index contributed by atoms with van der Waals surface area (Å²) in [7, 11) is -3.68. The van der Waals surface area contributed by atoms with Gasteiger partial charge in [0.1, 0.15) is 9.09 Å². The maximum Gasteiger partial charge on any atom is 0.346 e. The molecular formula is C11H13N3O4S2. The highest BCUT2D eigenvalue weighted by Crippen LogP contribution is 2.25. The molecule has 2 rings (SSSR count).